The number of methoxy groups -OCH3 is 1. The maximum atomic E-state index is 12.2. The van der Waals surface area contributed by atoms with Gasteiger partial charge in [-0.3, -0.25) is 4.79 Å². The molecule has 8 nitrogen and oxygen atoms in total. The first-order valence-corrected chi connectivity index (χ1v) is 9.97. The molecule has 8 heteroatoms. The molecule has 1 fully saturated rings. The van der Waals surface area contributed by atoms with Crippen LogP contribution in [0.15, 0.2) is 36.7 Å². The molecule has 152 valence electrons. The summed E-state index contributed by atoms with van der Waals surface area (Å²) in [5.41, 5.74) is 2.44. The van der Waals surface area contributed by atoms with Gasteiger partial charge in [-0.2, -0.15) is 0 Å². The fraction of sp³-hybridized carbons (Fsp3) is 0.429. The monoisotopic (exact) mass is 394 g/mol. The maximum Gasteiger partial charge on any atom is 0.222 e. The normalized spacial score (nSPS) is 16.4. The number of rotatable bonds is 6. The highest BCUT2D eigenvalue weighted by molar-refractivity contribution is 5.76. The van der Waals surface area contributed by atoms with Crippen molar-refractivity contribution in [3.8, 4) is 17.1 Å². The zero-order valence-corrected chi connectivity index (χ0v) is 17.1. The number of likely N-dealkylation sites (N-methyl/N-ethyl adjacent to an activating group) is 1. The molecule has 29 heavy (non-hydrogen) atoms. The number of nitrogens with zero attached hydrogens (tertiary/aromatic N) is 6. The first-order valence-electron chi connectivity index (χ1n) is 9.97. The number of fused-ring (bicyclic) bond motifs is 1. The number of carbonyl (C=O) groups excluding carboxylic acids is 1. The van der Waals surface area contributed by atoms with Gasteiger partial charge in [0.2, 0.25) is 11.8 Å². The van der Waals surface area contributed by atoms with Crippen molar-refractivity contribution in [1.29, 1.82) is 0 Å². The molecule has 1 aliphatic heterocycles. The lowest BCUT2D eigenvalue weighted by molar-refractivity contribution is -0.131. The minimum Gasteiger partial charge on any atom is -0.481 e. The Balaban J connectivity index is 1.61. The van der Waals surface area contributed by atoms with Crippen LogP contribution < -0.4 is 9.64 Å². The molecule has 4 heterocycles. The molecule has 1 atom stereocenters. The Morgan fingerprint density at radius 1 is 1.31 bits per heavy atom. The fourth-order valence-corrected chi connectivity index (χ4v) is 3.82. The van der Waals surface area contributed by atoms with E-state index in [1.807, 2.05) is 47.7 Å². The van der Waals surface area contributed by atoms with Crippen LogP contribution in [0.2, 0.25) is 0 Å². The van der Waals surface area contributed by atoms with Crippen molar-refractivity contribution in [1.82, 2.24) is 24.5 Å². The Kier molecular flexibility index (Phi) is 5.33. The Morgan fingerprint density at radius 3 is 2.97 bits per heavy atom. The number of amides is 1. The summed E-state index contributed by atoms with van der Waals surface area (Å²) in [6.07, 6.45) is 5.90. The second-order valence-electron chi connectivity index (χ2n) is 7.31. The van der Waals surface area contributed by atoms with Crippen molar-refractivity contribution in [2.45, 2.75) is 32.2 Å². The van der Waals surface area contributed by atoms with Crippen molar-refractivity contribution in [3.05, 3.63) is 36.7 Å². The van der Waals surface area contributed by atoms with Crippen molar-refractivity contribution >= 4 is 17.4 Å². The van der Waals surface area contributed by atoms with Gasteiger partial charge in [-0.25, -0.2) is 14.5 Å². The third-order valence-corrected chi connectivity index (χ3v) is 5.48. The van der Waals surface area contributed by atoms with E-state index in [4.69, 9.17) is 9.84 Å². The van der Waals surface area contributed by atoms with Crippen LogP contribution in [-0.2, 0) is 4.79 Å². The highest BCUT2D eigenvalue weighted by Crippen LogP contribution is 2.29. The summed E-state index contributed by atoms with van der Waals surface area (Å²) < 4.78 is 7.23. The smallest absolute Gasteiger partial charge is 0.222 e. The lowest BCUT2D eigenvalue weighted by Crippen LogP contribution is -2.39. The number of hydrogen-bond donors (Lipinski definition) is 0. The highest BCUT2D eigenvalue weighted by atomic mass is 16.5. The number of aromatic nitrogens is 4. The fourth-order valence-electron chi connectivity index (χ4n) is 3.82. The summed E-state index contributed by atoms with van der Waals surface area (Å²) in [4.78, 5) is 25.1. The molecule has 0 unspecified atom stereocenters. The quantitative estimate of drug-likeness (QED) is 0.640. The standard InChI is InChI=1S/C21H26N6O2/c1-4-6-20(28)25(2)15-10-12-26(14-15)19-9-8-18-23-13-17(27(18)24-19)16-7-5-11-22-21(16)29-3/h5,7-9,11,13,15H,4,6,10,12,14H2,1-3H3/t15-/m0/s1. The molecule has 3 aromatic rings. The van der Waals surface area contributed by atoms with Gasteiger partial charge in [0.05, 0.1) is 30.6 Å². The molecule has 0 N–H and O–H groups in total. The van der Waals surface area contributed by atoms with Gasteiger partial charge in [-0.15, -0.1) is 5.10 Å². The molecule has 3 aromatic heterocycles. The molecule has 0 radical (unpaired) electrons. The molecular formula is C21H26N6O2. The third-order valence-electron chi connectivity index (χ3n) is 5.48. The van der Waals surface area contributed by atoms with Gasteiger partial charge in [-0.05, 0) is 37.1 Å². The van der Waals surface area contributed by atoms with Gasteiger partial charge in [0.25, 0.3) is 0 Å². The van der Waals surface area contributed by atoms with Crippen molar-refractivity contribution in [3.63, 3.8) is 0 Å². The van der Waals surface area contributed by atoms with Crippen LogP contribution in [0.3, 0.4) is 0 Å². The van der Waals surface area contributed by atoms with Crippen molar-refractivity contribution in [2.75, 3.05) is 32.1 Å². The molecule has 1 saturated heterocycles. The SMILES string of the molecule is CCCC(=O)N(C)[C@H]1CCN(c2ccc3ncc(-c4cccnc4OC)n3n2)C1. The van der Waals surface area contributed by atoms with Gasteiger partial charge in [-0.1, -0.05) is 6.92 Å². The summed E-state index contributed by atoms with van der Waals surface area (Å²) >= 11 is 0. The Labute approximate surface area is 170 Å². The van der Waals surface area contributed by atoms with Gasteiger partial charge >= 0.3 is 0 Å². The van der Waals surface area contributed by atoms with E-state index in [-0.39, 0.29) is 11.9 Å². The lowest BCUT2D eigenvalue weighted by atomic mass is 10.2. The van der Waals surface area contributed by atoms with Gasteiger partial charge in [0.15, 0.2) is 5.65 Å². The lowest BCUT2D eigenvalue weighted by Gasteiger charge is -2.25. The largest absolute Gasteiger partial charge is 0.481 e. The van der Waals surface area contributed by atoms with E-state index >= 15 is 0 Å². The molecule has 0 aromatic carbocycles. The maximum absolute atomic E-state index is 12.2. The van der Waals surface area contributed by atoms with Crippen LogP contribution in [0.1, 0.15) is 26.2 Å². The molecule has 4 rings (SSSR count). The summed E-state index contributed by atoms with van der Waals surface area (Å²) in [7, 11) is 3.51. The Bertz CT molecular complexity index is 1020. The summed E-state index contributed by atoms with van der Waals surface area (Å²) in [5, 5.41) is 4.84. The van der Waals surface area contributed by atoms with Crippen LogP contribution in [0.5, 0.6) is 5.88 Å². The van der Waals surface area contributed by atoms with E-state index in [0.717, 1.165) is 48.7 Å². The first kappa shape index (κ1) is 19.2. The predicted octanol–water partition coefficient (Wildman–Crippen LogP) is 2.64. The van der Waals surface area contributed by atoms with Crippen LogP contribution in [0.25, 0.3) is 16.9 Å². The second-order valence-corrected chi connectivity index (χ2v) is 7.31. The van der Waals surface area contributed by atoms with Crippen LogP contribution >= 0.6 is 0 Å². The average Bonchev–Trinajstić information content (AvgIpc) is 3.40. The number of pyridine rings is 1. The van der Waals surface area contributed by atoms with Gasteiger partial charge in [0, 0.05) is 32.8 Å². The van der Waals surface area contributed by atoms with E-state index in [1.54, 1.807) is 19.5 Å². The zero-order chi connectivity index (χ0) is 20.4. The number of anilines is 1. The van der Waals surface area contributed by atoms with Crippen LogP contribution in [-0.4, -0.2) is 63.7 Å². The predicted molar refractivity (Wildman–Crippen MR) is 111 cm³/mol. The van der Waals surface area contributed by atoms with Crippen molar-refractivity contribution < 1.29 is 9.53 Å². The van der Waals surface area contributed by atoms with Gasteiger partial charge < -0.3 is 14.5 Å². The zero-order valence-electron chi connectivity index (χ0n) is 17.1. The molecule has 1 amide bonds. The molecule has 0 aliphatic carbocycles. The molecule has 1 aliphatic rings. The van der Waals surface area contributed by atoms with Crippen LogP contribution in [0.4, 0.5) is 5.82 Å². The second kappa shape index (κ2) is 8.06. The molecule has 0 bridgehead atoms. The third kappa shape index (κ3) is 3.62. The highest BCUT2D eigenvalue weighted by Gasteiger charge is 2.29. The topological polar surface area (TPSA) is 75.9 Å². The summed E-state index contributed by atoms with van der Waals surface area (Å²) in [6, 6.07) is 7.99. The number of ether oxygens (including phenoxy) is 1. The number of imidazole rings is 1. The number of carbonyl (C=O) groups is 1. The molecule has 0 saturated carbocycles. The minimum absolute atomic E-state index is 0.211. The Hall–Kier alpha value is -3.16. The Morgan fingerprint density at radius 2 is 2.17 bits per heavy atom. The van der Waals surface area contributed by atoms with E-state index < -0.39 is 0 Å². The van der Waals surface area contributed by atoms with Crippen molar-refractivity contribution in [2.24, 2.45) is 0 Å². The average molecular weight is 394 g/mol. The van der Waals surface area contributed by atoms with Gasteiger partial charge in [0.1, 0.15) is 5.82 Å². The van der Waals surface area contributed by atoms with Crippen LogP contribution in [0, 0.1) is 0 Å². The van der Waals surface area contributed by atoms with E-state index in [1.165, 1.54) is 0 Å². The molecular weight excluding hydrogens is 368 g/mol. The first-order chi connectivity index (χ1) is 14.1. The van der Waals surface area contributed by atoms with E-state index in [9.17, 15) is 4.79 Å². The number of hydrogen-bond acceptors (Lipinski definition) is 6. The molecule has 0 spiro atoms. The van der Waals surface area contributed by atoms with E-state index in [2.05, 4.69) is 14.9 Å². The minimum atomic E-state index is 0.211. The summed E-state index contributed by atoms with van der Waals surface area (Å²) in [5.74, 6) is 1.63. The summed E-state index contributed by atoms with van der Waals surface area (Å²) in [6.45, 7) is 3.68. The van der Waals surface area contributed by atoms with E-state index in [0.29, 0.717) is 12.3 Å².